The van der Waals surface area contributed by atoms with Crippen molar-refractivity contribution in [1.82, 2.24) is 4.98 Å². The summed E-state index contributed by atoms with van der Waals surface area (Å²) in [6, 6.07) is 19.7. The zero-order chi connectivity index (χ0) is 17.1. The van der Waals surface area contributed by atoms with Gasteiger partial charge in [-0.15, -0.1) is 23.5 Å². The predicted molar refractivity (Wildman–Crippen MR) is 108 cm³/mol. The van der Waals surface area contributed by atoms with E-state index in [2.05, 4.69) is 81.0 Å². The van der Waals surface area contributed by atoms with Crippen LogP contribution in [0.3, 0.4) is 0 Å². The van der Waals surface area contributed by atoms with Crippen LogP contribution < -0.4 is 0 Å². The second kappa shape index (κ2) is 7.45. The van der Waals surface area contributed by atoms with Gasteiger partial charge in [0, 0.05) is 32.3 Å². The largest absolute Gasteiger partial charge is 0.257 e. The third-order valence-corrected chi connectivity index (χ3v) is 5.69. The number of benzene rings is 2. The van der Waals surface area contributed by atoms with Crippen molar-refractivity contribution in [2.24, 2.45) is 0 Å². The number of hydrogen-bond donors (Lipinski definition) is 0. The number of pyridine rings is 1. The summed E-state index contributed by atoms with van der Waals surface area (Å²) < 4.78 is 0. The summed E-state index contributed by atoms with van der Waals surface area (Å²) in [5, 5.41) is 0. The Morgan fingerprint density at radius 2 is 1.00 bits per heavy atom. The van der Waals surface area contributed by atoms with Gasteiger partial charge < -0.3 is 0 Å². The minimum absolute atomic E-state index is 1.08. The van der Waals surface area contributed by atoms with Crippen LogP contribution in [-0.4, -0.2) is 17.5 Å². The van der Waals surface area contributed by atoms with Gasteiger partial charge in [-0.2, -0.15) is 0 Å². The Balaban J connectivity index is 2.07. The Bertz CT molecular complexity index is 768. The van der Waals surface area contributed by atoms with Crippen LogP contribution in [0.2, 0.25) is 0 Å². The Hall–Kier alpha value is -1.71. The van der Waals surface area contributed by atoms with E-state index in [1.807, 2.05) is 0 Å². The molecule has 0 fully saturated rings. The SMILES string of the molecule is CSc1ccc(-c2cc(-c3ccc(SC)cc3)c(C)nc2C)cc1. The van der Waals surface area contributed by atoms with Gasteiger partial charge in [0.1, 0.15) is 0 Å². The third kappa shape index (κ3) is 3.52. The van der Waals surface area contributed by atoms with Crippen LogP contribution >= 0.6 is 23.5 Å². The second-order valence-corrected chi connectivity index (χ2v) is 7.47. The third-order valence-electron chi connectivity index (χ3n) is 4.21. The molecule has 2 aromatic carbocycles. The number of nitrogens with zero attached hydrogens (tertiary/aromatic N) is 1. The molecule has 0 amide bonds. The first-order valence-electron chi connectivity index (χ1n) is 7.89. The van der Waals surface area contributed by atoms with E-state index in [0.717, 1.165) is 11.4 Å². The van der Waals surface area contributed by atoms with Crippen molar-refractivity contribution in [2.75, 3.05) is 12.5 Å². The molecule has 0 aliphatic rings. The van der Waals surface area contributed by atoms with E-state index in [4.69, 9.17) is 4.98 Å². The van der Waals surface area contributed by atoms with Gasteiger partial charge in [-0.25, -0.2) is 0 Å². The van der Waals surface area contributed by atoms with Crippen LogP contribution in [0.1, 0.15) is 11.4 Å². The van der Waals surface area contributed by atoms with Crippen molar-refractivity contribution in [1.29, 1.82) is 0 Å². The van der Waals surface area contributed by atoms with E-state index < -0.39 is 0 Å². The molecule has 0 radical (unpaired) electrons. The van der Waals surface area contributed by atoms with Crippen molar-refractivity contribution >= 4 is 23.5 Å². The predicted octanol–water partition coefficient (Wildman–Crippen LogP) is 6.48. The summed E-state index contributed by atoms with van der Waals surface area (Å²) in [5.74, 6) is 0. The molecule has 0 unspecified atom stereocenters. The lowest BCUT2D eigenvalue weighted by Crippen LogP contribution is -1.95. The monoisotopic (exact) mass is 351 g/mol. The molecule has 1 nitrogen and oxygen atoms in total. The summed E-state index contributed by atoms with van der Waals surface area (Å²) in [7, 11) is 0. The summed E-state index contributed by atoms with van der Waals surface area (Å²) in [6.45, 7) is 4.18. The topological polar surface area (TPSA) is 12.9 Å². The molecule has 3 heteroatoms. The van der Waals surface area contributed by atoms with Gasteiger partial charge in [0.05, 0.1) is 0 Å². The number of thioether (sulfide) groups is 2. The lowest BCUT2D eigenvalue weighted by atomic mass is 9.97. The zero-order valence-electron chi connectivity index (χ0n) is 14.5. The molecular weight excluding hydrogens is 330 g/mol. The molecule has 0 atom stereocenters. The lowest BCUT2D eigenvalue weighted by Gasteiger charge is -2.13. The van der Waals surface area contributed by atoms with Crippen LogP contribution in [-0.2, 0) is 0 Å². The van der Waals surface area contributed by atoms with Gasteiger partial charge in [-0.05, 0) is 67.8 Å². The maximum absolute atomic E-state index is 4.80. The Morgan fingerprint density at radius 3 is 1.33 bits per heavy atom. The smallest absolute Gasteiger partial charge is 0.0454 e. The van der Waals surface area contributed by atoms with Gasteiger partial charge >= 0.3 is 0 Å². The summed E-state index contributed by atoms with van der Waals surface area (Å²) in [4.78, 5) is 7.36. The fourth-order valence-electron chi connectivity index (χ4n) is 2.85. The molecule has 1 aromatic heterocycles. The average Bonchev–Trinajstić information content (AvgIpc) is 2.62. The normalized spacial score (nSPS) is 10.8. The molecule has 0 saturated carbocycles. The number of aromatic nitrogens is 1. The maximum atomic E-state index is 4.80. The van der Waals surface area contributed by atoms with Crippen molar-refractivity contribution in [3.63, 3.8) is 0 Å². The second-order valence-electron chi connectivity index (χ2n) is 5.71. The van der Waals surface area contributed by atoms with Crippen LogP contribution in [0.25, 0.3) is 22.3 Å². The quantitative estimate of drug-likeness (QED) is 0.500. The molecule has 3 aromatic rings. The van der Waals surface area contributed by atoms with Crippen LogP contribution in [0.5, 0.6) is 0 Å². The van der Waals surface area contributed by atoms with E-state index in [-0.39, 0.29) is 0 Å². The van der Waals surface area contributed by atoms with Crippen molar-refractivity contribution in [3.05, 3.63) is 66.0 Å². The van der Waals surface area contributed by atoms with Gasteiger partial charge in [0.2, 0.25) is 0 Å². The Morgan fingerprint density at radius 1 is 0.625 bits per heavy atom. The molecule has 0 saturated heterocycles. The van der Waals surface area contributed by atoms with Crippen LogP contribution in [0.15, 0.2) is 64.4 Å². The van der Waals surface area contributed by atoms with E-state index in [0.29, 0.717) is 0 Å². The lowest BCUT2D eigenvalue weighted by molar-refractivity contribution is 1.13. The average molecular weight is 352 g/mol. The fourth-order valence-corrected chi connectivity index (χ4v) is 3.67. The number of rotatable bonds is 4. The molecule has 0 aliphatic carbocycles. The number of hydrogen-bond acceptors (Lipinski definition) is 3. The Labute approximate surface area is 152 Å². The van der Waals surface area contributed by atoms with Gasteiger partial charge in [0.15, 0.2) is 0 Å². The van der Waals surface area contributed by atoms with Gasteiger partial charge in [-0.1, -0.05) is 24.3 Å². The van der Waals surface area contributed by atoms with Crippen LogP contribution in [0.4, 0.5) is 0 Å². The fraction of sp³-hybridized carbons (Fsp3) is 0.190. The Kier molecular flexibility index (Phi) is 5.32. The summed E-state index contributed by atoms with van der Waals surface area (Å²) in [5.41, 5.74) is 7.01. The molecule has 24 heavy (non-hydrogen) atoms. The molecule has 3 rings (SSSR count). The molecule has 0 N–H and O–H groups in total. The van der Waals surface area contributed by atoms with Crippen molar-refractivity contribution < 1.29 is 0 Å². The maximum Gasteiger partial charge on any atom is 0.0454 e. The zero-order valence-corrected chi connectivity index (χ0v) is 16.1. The highest BCUT2D eigenvalue weighted by Crippen LogP contribution is 2.32. The van der Waals surface area contributed by atoms with Crippen LogP contribution in [0, 0.1) is 13.8 Å². The highest BCUT2D eigenvalue weighted by atomic mass is 32.2. The standard InChI is InChI=1S/C21H21NS2/c1-14-20(16-5-9-18(23-3)10-6-16)13-21(15(2)22-14)17-7-11-19(24-4)12-8-17/h5-13H,1-4H3. The molecule has 122 valence electrons. The van der Waals surface area contributed by atoms with Crippen molar-refractivity contribution in [3.8, 4) is 22.3 Å². The minimum atomic E-state index is 1.08. The van der Waals surface area contributed by atoms with E-state index >= 15 is 0 Å². The highest BCUT2D eigenvalue weighted by molar-refractivity contribution is 7.98. The molecular formula is C21H21NS2. The first kappa shape index (κ1) is 17.1. The van der Waals surface area contributed by atoms with E-state index in [1.54, 1.807) is 23.5 Å². The summed E-state index contributed by atoms with van der Waals surface area (Å²) >= 11 is 3.53. The number of aryl methyl sites for hydroxylation is 2. The highest BCUT2D eigenvalue weighted by Gasteiger charge is 2.10. The molecule has 0 aliphatic heterocycles. The van der Waals surface area contributed by atoms with E-state index in [1.165, 1.54) is 32.0 Å². The first-order chi connectivity index (χ1) is 11.6. The minimum Gasteiger partial charge on any atom is -0.257 e. The van der Waals surface area contributed by atoms with Crippen molar-refractivity contribution in [2.45, 2.75) is 23.6 Å². The molecule has 0 spiro atoms. The molecule has 1 heterocycles. The molecule has 0 bridgehead atoms. The van der Waals surface area contributed by atoms with Gasteiger partial charge in [0.25, 0.3) is 0 Å². The summed E-state index contributed by atoms with van der Waals surface area (Å²) in [6.07, 6.45) is 4.20. The first-order valence-corrected chi connectivity index (χ1v) is 10.3. The van der Waals surface area contributed by atoms with E-state index in [9.17, 15) is 0 Å². The van der Waals surface area contributed by atoms with Gasteiger partial charge in [-0.3, -0.25) is 4.98 Å².